The number of aliphatic hydroxyl groups is 2. The van der Waals surface area contributed by atoms with Crippen molar-refractivity contribution < 1.29 is 42.8 Å². The minimum Gasteiger partial charge on any atom is -0.387 e. The normalized spacial score (nSPS) is 14.0. The van der Waals surface area contributed by atoms with E-state index in [0.29, 0.717) is 23.9 Å². The number of phosphoric acid groups is 1. The third kappa shape index (κ3) is 30.5. The Morgan fingerprint density at radius 3 is 1.09 bits per heavy atom. The number of nitrogens with zero attached hydrogens (tertiary/aromatic N) is 1. The van der Waals surface area contributed by atoms with Gasteiger partial charge in [0, 0.05) is 12.8 Å². The summed E-state index contributed by atoms with van der Waals surface area (Å²) in [5.41, 5.74) is -2.69. The van der Waals surface area contributed by atoms with E-state index in [4.69, 9.17) is 9.05 Å². The van der Waals surface area contributed by atoms with Crippen LogP contribution in [0.5, 0.6) is 0 Å². The van der Waals surface area contributed by atoms with E-state index in [1.807, 2.05) is 21.1 Å². The molecule has 0 aromatic carbocycles. The first kappa shape index (κ1) is 53.3. The number of carbonyl (C=O) groups is 2. The van der Waals surface area contributed by atoms with Crippen LogP contribution in [0, 0.1) is 0 Å². The number of ketones is 2. The van der Waals surface area contributed by atoms with Crippen LogP contribution in [0.1, 0.15) is 219 Å². The van der Waals surface area contributed by atoms with E-state index in [2.05, 4.69) is 13.8 Å². The Balaban J connectivity index is 4.68. The molecule has 10 heteroatoms. The summed E-state index contributed by atoms with van der Waals surface area (Å²) in [4.78, 5) is 36.9. The van der Waals surface area contributed by atoms with Gasteiger partial charge in [0.1, 0.15) is 19.3 Å². The topological polar surface area (TPSA) is 130 Å². The van der Waals surface area contributed by atoms with Crippen LogP contribution in [0.3, 0.4) is 0 Å². The van der Waals surface area contributed by atoms with Crippen LogP contribution in [-0.2, 0) is 23.2 Å². The molecule has 0 aliphatic heterocycles. The molecule has 0 aliphatic carbocycles. The molecule has 322 valence electrons. The average molecular weight is 791 g/mol. The number of hydrogen-bond donors (Lipinski definition) is 3. The van der Waals surface area contributed by atoms with E-state index in [-0.39, 0.29) is 19.4 Å². The molecule has 54 heavy (non-hydrogen) atoms. The highest BCUT2D eigenvalue weighted by Crippen LogP contribution is 2.43. The summed E-state index contributed by atoms with van der Waals surface area (Å²) < 4.78 is 23.0. The summed E-state index contributed by atoms with van der Waals surface area (Å²) in [6.07, 6.45) is 33.4. The van der Waals surface area contributed by atoms with Crippen molar-refractivity contribution in [1.29, 1.82) is 0 Å². The van der Waals surface area contributed by atoms with Gasteiger partial charge in [-0.3, -0.25) is 18.6 Å². The maximum absolute atomic E-state index is 13.4. The summed E-state index contributed by atoms with van der Waals surface area (Å²) in [6, 6.07) is 0. The Hall–Kier alpha value is -0.670. The van der Waals surface area contributed by atoms with E-state index >= 15 is 0 Å². The van der Waals surface area contributed by atoms with Crippen molar-refractivity contribution in [2.45, 2.75) is 231 Å². The molecule has 0 rings (SSSR count). The standard InChI is InChI=1S/C44H88NO8P/c1-6-8-10-12-14-16-18-20-22-24-26-28-30-32-34-36-41(46)44(49,43(48)40-53-54(50,51)52-39-38-45(3,4)5)42(47)37-35-33-31-29-27-25-23-21-19-17-15-13-11-9-7-2/h43,48-49H,6-40H2,1-5H3/p+1/t43-/m0/s1. The van der Waals surface area contributed by atoms with Gasteiger partial charge < -0.3 is 19.6 Å². The minimum atomic E-state index is -4.57. The molecule has 0 spiro atoms. The van der Waals surface area contributed by atoms with Crippen LogP contribution in [-0.4, -0.2) is 83.8 Å². The zero-order valence-corrected chi connectivity index (χ0v) is 37.0. The van der Waals surface area contributed by atoms with E-state index in [1.165, 1.54) is 141 Å². The summed E-state index contributed by atoms with van der Waals surface area (Å²) >= 11 is 0. The Labute approximate surface area is 333 Å². The molecule has 0 aromatic heterocycles. The lowest BCUT2D eigenvalue weighted by Crippen LogP contribution is -2.57. The molecule has 0 aliphatic rings. The fourth-order valence-corrected chi connectivity index (χ4v) is 7.69. The lowest BCUT2D eigenvalue weighted by atomic mass is 9.82. The second-order valence-corrected chi connectivity index (χ2v) is 18.6. The SMILES string of the molecule is CCCCCCCCCCCCCCCCCC(=O)C(O)(C(=O)CCCCCCCCCCCCCCCCC)[C@@H](O)COP(=O)(O)OCC[N+](C)(C)C. The van der Waals surface area contributed by atoms with Gasteiger partial charge in [-0.05, 0) is 12.8 Å². The van der Waals surface area contributed by atoms with Crippen LogP contribution in [0.4, 0.5) is 0 Å². The molecule has 0 aromatic rings. The van der Waals surface area contributed by atoms with Gasteiger partial charge in [-0.2, -0.15) is 0 Å². The molecule has 0 heterocycles. The van der Waals surface area contributed by atoms with E-state index in [0.717, 1.165) is 38.5 Å². The van der Waals surface area contributed by atoms with Crippen molar-refractivity contribution in [2.75, 3.05) is 40.9 Å². The van der Waals surface area contributed by atoms with Crippen molar-refractivity contribution in [1.82, 2.24) is 0 Å². The third-order valence-corrected chi connectivity index (χ3v) is 11.7. The molecular weight excluding hydrogens is 701 g/mol. The molecule has 1 unspecified atom stereocenters. The van der Waals surface area contributed by atoms with E-state index < -0.39 is 37.7 Å². The summed E-state index contributed by atoms with van der Waals surface area (Å²) in [7, 11) is 1.15. The fraction of sp³-hybridized carbons (Fsp3) is 0.955. The minimum absolute atomic E-state index is 0.0484. The highest BCUT2D eigenvalue weighted by molar-refractivity contribution is 7.47. The van der Waals surface area contributed by atoms with Gasteiger partial charge in [0.2, 0.25) is 5.60 Å². The molecule has 2 atom stereocenters. The van der Waals surface area contributed by atoms with Gasteiger partial charge in [0.25, 0.3) is 0 Å². The molecule has 9 nitrogen and oxygen atoms in total. The summed E-state index contributed by atoms with van der Waals surface area (Å²) in [6.45, 7) is 4.01. The van der Waals surface area contributed by atoms with Gasteiger partial charge in [-0.15, -0.1) is 0 Å². The first-order valence-corrected chi connectivity index (χ1v) is 24.2. The van der Waals surface area contributed by atoms with Crippen LogP contribution in [0.15, 0.2) is 0 Å². The number of carbonyl (C=O) groups excluding carboxylic acids is 2. The second kappa shape index (κ2) is 34.4. The maximum Gasteiger partial charge on any atom is 0.472 e. The van der Waals surface area contributed by atoms with Crippen LogP contribution >= 0.6 is 7.82 Å². The zero-order chi connectivity index (χ0) is 40.4. The number of aliphatic hydroxyl groups excluding tert-OH is 1. The van der Waals surface area contributed by atoms with E-state index in [9.17, 15) is 29.3 Å². The Kier molecular flexibility index (Phi) is 34.0. The highest BCUT2D eigenvalue weighted by atomic mass is 31.2. The van der Waals surface area contributed by atoms with Crippen LogP contribution in [0.25, 0.3) is 0 Å². The van der Waals surface area contributed by atoms with Crippen molar-refractivity contribution in [3.8, 4) is 0 Å². The predicted molar refractivity (Wildman–Crippen MR) is 225 cm³/mol. The molecule has 0 bridgehead atoms. The van der Waals surface area contributed by atoms with Crippen molar-refractivity contribution in [3.63, 3.8) is 0 Å². The number of rotatable bonds is 42. The first-order valence-electron chi connectivity index (χ1n) is 22.7. The second-order valence-electron chi connectivity index (χ2n) is 17.1. The Bertz CT molecular complexity index is 894. The van der Waals surface area contributed by atoms with Gasteiger partial charge in [0.15, 0.2) is 11.6 Å². The van der Waals surface area contributed by atoms with Crippen molar-refractivity contribution >= 4 is 19.4 Å². The quantitative estimate of drug-likeness (QED) is 0.0241. The van der Waals surface area contributed by atoms with Gasteiger partial charge in [-0.1, -0.05) is 194 Å². The average Bonchev–Trinajstić information content (AvgIpc) is 3.12. The summed E-state index contributed by atoms with van der Waals surface area (Å²) in [5, 5.41) is 22.5. The fourth-order valence-electron chi connectivity index (χ4n) is 6.97. The van der Waals surface area contributed by atoms with Crippen molar-refractivity contribution in [3.05, 3.63) is 0 Å². The van der Waals surface area contributed by atoms with Crippen LogP contribution < -0.4 is 0 Å². The number of likely N-dealkylation sites (N-methyl/N-ethyl adjacent to an activating group) is 1. The lowest BCUT2D eigenvalue weighted by Gasteiger charge is -2.30. The molecule has 3 N–H and O–H groups in total. The smallest absolute Gasteiger partial charge is 0.387 e. The lowest BCUT2D eigenvalue weighted by molar-refractivity contribution is -0.870. The third-order valence-electron chi connectivity index (χ3n) is 10.8. The molecule has 0 saturated carbocycles. The molecule has 0 fully saturated rings. The Morgan fingerprint density at radius 2 is 0.815 bits per heavy atom. The van der Waals surface area contributed by atoms with Gasteiger partial charge in [0.05, 0.1) is 27.7 Å². The molecule has 0 radical (unpaired) electrons. The number of hydrogen-bond acceptors (Lipinski definition) is 7. The predicted octanol–water partition coefficient (Wildman–Crippen LogP) is 11.6. The maximum atomic E-state index is 13.4. The highest BCUT2D eigenvalue weighted by Gasteiger charge is 2.49. The molecule has 0 saturated heterocycles. The summed E-state index contributed by atoms with van der Waals surface area (Å²) in [5.74, 6) is -1.50. The molecular formula is C44H89NO8P+. The van der Waals surface area contributed by atoms with Crippen molar-refractivity contribution in [2.24, 2.45) is 0 Å². The Morgan fingerprint density at radius 1 is 0.537 bits per heavy atom. The molecule has 0 amide bonds. The number of quaternary nitrogens is 1. The van der Waals surface area contributed by atoms with Gasteiger partial charge in [-0.25, -0.2) is 4.57 Å². The van der Waals surface area contributed by atoms with E-state index in [1.54, 1.807) is 0 Å². The van der Waals surface area contributed by atoms with Crippen LogP contribution in [0.2, 0.25) is 0 Å². The number of unbranched alkanes of at least 4 members (excludes halogenated alkanes) is 28. The van der Waals surface area contributed by atoms with Gasteiger partial charge >= 0.3 is 7.82 Å². The largest absolute Gasteiger partial charge is 0.472 e. The zero-order valence-electron chi connectivity index (χ0n) is 36.1. The number of Topliss-reactive ketones (excluding diaryl/α,β-unsaturated/α-hetero) is 2. The first-order chi connectivity index (χ1) is 25.8. The monoisotopic (exact) mass is 791 g/mol. The number of phosphoric ester groups is 1.